The Labute approximate surface area is 212 Å². The summed E-state index contributed by atoms with van der Waals surface area (Å²) >= 11 is 1.40. The average Bonchev–Trinajstić information content (AvgIpc) is 3.15. The molecular formula is C28H49NO4S. The topological polar surface area (TPSA) is 64.6 Å². The first-order valence-electron chi connectivity index (χ1n) is 13.4. The molecule has 196 valence electrons. The molecule has 6 heteroatoms. The first-order valence-corrected chi connectivity index (χ1v) is 14.3. The second-order valence-corrected chi connectivity index (χ2v) is 11.3. The minimum absolute atomic E-state index is 0.160. The van der Waals surface area contributed by atoms with Gasteiger partial charge in [0, 0.05) is 0 Å². The lowest BCUT2D eigenvalue weighted by Crippen LogP contribution is -2.26. The molecule has 0 radical (unpaired) electrons. The Morgan fingerprint density at radius 2 is 1.50 bits per heavy atom. The minimum Gasteiger partial charge on any atom is -0.456 e. The molecule has 0 spiro atoms. The molecule has 1 N–H and O–H groups in total. The standard InChI is InChI=1S/C28H49NO4S/c1-8-11-14-16-17-21(4)32-27(31)29-25-24(26(30)33-28(5,6)7)23(20-34-25)22(18-13-10-3)19-15-12-9-2/h20-22H,8-19H2,1-7H3,(H,29,31). The zero-order valence-electron chi connectivity index (χ0n) is 22.8. The van der Waals surface area contributed by atoms with Crippen molar-refractivity contribution in [2.24, 2.45) is 0 Å². The van der Waals surface area contributed by atoms with Crippen molar-refractivity contribution in [1.29, 1.82) is 0 Å². The highest BCUT2D eigenvalue weighted by molar-refractivity contribution is 7.15. The molecule has 2 atom stereocenters. The monoisotopic (exact) mass is 495 g/mol. The number of hydrogen-bond acceptors (Lipinski definition) is 5. The smallest absolute Gasteiger partial charge is 0.412 e. The molecule has 5 nitrogen and oxygen atoms in total. The summed E-state index contributed by atoms with van der Waals surface area (Å²) in [6.07, 6.45) is 12.5. The maximum absolute atomic E-state index is 13.3. The van der Waals surface area contributed by atoms with E-state index < -0.39 is 11.7 Å². The van der Waals surface area contributed by atoms with Gasteiger partial charge in [-0.3, -0.25) is 5.32 Å². The molecule has 0 aliphatic carbocycles. The first kappa shape index (κ1) is 30.5. The SMILES string of the molecule is CCCCCCC(C)OC(=O)Nc1scc(C(CCCC)CCCCC)c1C(=O)OC(C)(C)C. The number of amides is 1. The fraction of sp³-hybridized carbons (Fsp3) is 0.786. The molecule has 2 unspecified atom stereocenters. The summed E-state index contributed by atoms with van der Waals surface area (Å²) in [5.74, 6) is -0.0852. The van der Waals surface area contributed by atoms with E-state index in [0.717, 1.165) is 56.9 Å². The number of hydrogen-bond donors (Lipinski definition) is 1. The molecule has 1 rings (SSSR count). The van der Waals surface area contributed by atoms with Gasteiger partial charge in [-0.15, -0.1) is 11.3 Å². The molecule has 0 saturated heterocycles. The van der Waals surface area contributed by atoms with Crippen molar-refractivity contribution in [3.05, 3.63) is 16.5 Å². The third-order valence-electron chi connectivity index (χ3n) is 5.91. The van der Waals surface area contributed by atoms with Crippen LogP contribution in [0.3, 0.4) is 0 Å². The normalized spacial score (nSPS) is 13.4. The number of carbonyl (C=O) groups excluding carboxylic acids is 2. The quantitative estimate of drug-likeness (QED) is 0.183. The van der Waals surface area contributed by atoms with Gasteiger partial charge in [0.05, 0.1) is 5.56 Å². The number of ether oxygens (including phenoxy) is 2. The number of anilines is 1. The largest absolute Gasteiger partial charge is 0.456 e. The van der Waals surface area contributed by atoms with Crippen molar-refractivity contribution >= 4 is 28.4 Å². The van der Waals surface area contributed by atoms with Crippen LogP contribution in [-0.2, 0) is 9.47 Å². The Morgan fingerprint density at radius 3 is 2.12 bits per heavy atom. The molecule has 0 fully saturated rings. The van der Waals surface area contributed by atoms with Crippen LogP contribution in [0.1, 0.15) is 147 Å². The third-order valence-corrected chi connectivity index (χ3v) is 6.83. The number of thiophene rings is 1. The molecule has 0 aliphatic rings. The maximum atomic E-state index is 13.3. The van der Waals surface area contributed by atoms with Crippen molar-refractivity contribution in [1.82, 2.24) is 0 Å². The lowest BCUT2D eigenvalue weighted by Gasteiger charge is -2.22. The van der Waals surface area contributed by atoms with Gasteiger partial charge in [0.1, 0.15) is 16.7 Å². The molecule has 0 aliphatic heterocycles. The van der Waals surface area contributed by atoms with E-state index in [1.54, 1.807) is 0 Å². The maximum Gasteiger partial charge on any atom is 0.412 e. The summed E-state index contributed by atoms with van der Waals surface area (Å²) in [5.41, 5.74) is 0.902. The third kappa shape index (κ3) is 11.7. The van der Waals surface area contributed by atoms with Crippen molar-refractivity contribution in [2.75, 3.05) is 5.32 Å². The minimum atomic E-state index is -0.609. The summed E-state index contributed by atoms with van der Waals surface area (Å²) in [6, 6.07) is 0. The van der Waals surface area contributed by atoms with E-state index in [9.17, 15) is 9.59 Å². The van der Waals surface area contributed by atoms with Crippen LogP contribution in [0, 0.1) is 0 Å². The van der Waals surface area contributed by atoms with E-state index in [4.69, 9.17) is 9.47 Å². The van der Waals surface area contributed by atoms with Gasteiger partial charge in [-0.1, -0.05) is 72.1 Å². The summed E-state index contributed by atoms with van der Waals surface area (Å²) in [6.45, 7) is 14.1. The second kappa shape index (κ2) is 16.2. The number of unbranched alkanes of at least 4 members (excludes halogenated alkanes) is 6. The van der Waals surface area contributed by atoms with Crippen LogP contribution < -0.4 is 5.32 Å². The van der Waals surface area contributed by atoms with Gasteiger partial charge in [0.2, 0.25) is 0 Å². The van der Waals surface area contributed by atoms with Gasteiger partial charge >= 0.3 is 12.1 Å². The predicted molar refractivity (Wildman–Crippen MR) is 144 cm³/mol. The van der Waals surface area contributed by atoms with Gasteiger partial charge in [-0.2, -0.15) is 0 Å². The lowest BCUT2D eigenvalue weighted by molar-refractivity contribution is 0.00694. The Bertz CT molecular complexity index is 722. The van der Waals surface area contributed by atoms with Crippen LogP contribution in [0.4, 0.5) is 9.80 Å². The van der Waals surface area contributed by atoms with Gasteiger partial charge in [0.25, 0.3) is 0 Å². The average molecular weight is 496 g/mol. The van der Waals surface area contributed by atoms with Gasteiger partial charge < -0.3 is 9.47 Å². The Morgan fingerprint density at radius 1 is 0.912 bits per heavy atom. The van der Waals surface area contributed by atoms with Crippen molar-refractivity contribution in [2.45, 2.75) is 143 Å². The fourth-order valence-corrected chi connectivity index (χ4v) is 5.09. The highest BCUT2D eigenvalue weighted by Crippen LogP contribution is 2.39. The first-order chi connectivity index (χ1) is 16.1. The molecular weight excluding hydrogens is 446 g/mol. The summed E-state index contributed by atoms with van der Waals surface area (Å²) in [7, 11) is 0. The zero-order chi connectivity index (χ0) is 25.6. The molecule has 0 bridgehead atoms. The fourth-order valence-electron chi connectivity index (χ4n) is 4.07. The van der Waals surface area contributed by atoms with Crippen molar-refractivity contribution in [3.63, 3.8) is 0 Å². The molecule has 1 heterocycles. The van der Waals surface area contributed by atoms with Crippen LogP contribution >= 0.6 is 11.3 Å². The number of esters is 1. The Kier molecular flexibility index (Phi) is 14.5. The molecule has 34 heavy (non-hydrogen) atoms. The van der Waals surface area contributed by atoms with E-state index in [2.05, 4.69) is 26.1 Å². The summed E-state index contributed by atoms with van der Waals surface area (Å²) < 4.78 is 11.3. The van der Waals surface area contributed by atoms with E-state index in [-0.39, 0.29) is 18.0 Å². The van der Waals surface area contributed by atoms with Crippen molar-refractivity contribution < 1.29 is 19.1 Å². The molecule has 0 saturated carbocycles. The van der Waals surface area contributed by atoms with E-state index in [1.165, 1.54) is 37.0 Å². The molecule has 1 aromatic heterocycles. The van der Waals surface area contributed by atoms with Crippen LogP contribution in [0.15, 0.2) is 5.38 Å². The highest BCUT2D eigenvalue weighted by Gasteiger charge is 2.29. The lowest BCUT2D eigenvalue weighted by atomic mass is 9.88. The van der Waals surface area contributed by atoms with Crippen LogP contribution in [-0.4, -0.2) is 23.8 Å². The van der Waals surface area contributed by atoms with E-state index in [1.807, 2.05) is 33.1 Å². The number of nitrogens with one attached hydrogen (secondary N) is 1. The van der Waals surface area contributed by atoms with Gasteiger partial charge in [-0.25, -0.2) is 9.59 Å². The molecule has 1 amide bonds. The van der Waals surface area contributed by atoms with Crippen molar-refractivity contribution in [3.8, 4) is 0 Å². The summed E-state index contributed by atoms with van der Waals surface area (Å²) in [4.78, 5) is 25.9. The second-order valence-electron chi connectivity index (χ2n) is 10.4. The van der Waals surface area contributed by atoms with Gasteiger partial charge in [0.15, 0.2) is 0 Å². The summed E-state index contributed by atoms with van der Waals surface area (Å²) in [5, 5.41) is 5.43. The van der Waals surface area contributed by atoms with Gasteiger partial charge in [-0.05, 0) is 70.2 Å². The number of carbonyl (C=O) groups is 2. The van der Waals surface area contributed by atoms with Crippen LogP contribution in [0.25, 0.3) is 0 Å². The van der Waals surface area contributed by atoms with Crippen LogP contribution in [0.5, 0.6) is 0 Å². The van der Waals surface area contributed by atoms with E-state index >= 15 is 0 Å². The zero-order valence-corrected chi connectivity index (χ0v) is 23.6. The van der Waals surface area contributed by atoms with E-state index in [0.29, 0.717) is 10.6 Å². The predicted octanol–water partition coefficient (Wildman–Crippen LogP) is 9.46. The Balaban J connectivity index is 3.07. The molecule has 0 aromatic carbocycles. The van der Waals surface area contributed by atoms with Crippen LogP contribution in [0.2, 0.25) is 0 Å². The Hall–Kier alpha value is -1.56. The number of rotatable bonds is 16. The highest BCUT2D eigenvalue weighted by atomic mass is 32.1. The molecule has 1 aromatic rings.